The number of allylic oxidation sites excluding steroid dienone is 1. The summed E-state index contributed by atoms with van der Waals surface area (Å²) >= 11 is 0. The fourth-order valence-corrected chi connectivity index (χ4v) is 5.31. The monoisotopic (exact) mass is 310 g/mol. The maximum Gasteiger partial charge on any atom is 0.165 e. The van der Waals surface area contributed by atoms with Crippen molar-refractivity contribution in [2.45, 2.75) is 67.7 Å². The van der Waals surface area contributed by atoms with Crippen molar-refractivity contribution in [1.82, 2.24) is 0 Å². The van der Waals surface area contributed by atoms with E-state index < -0.39 is 0 Å². The molecule has 0 amide bonds. The van der Waals surface area contributed by atoms with Crippen molar-refractivity contribution in [2.24, 2.45) is 16.7 Å². The van der Waals surface area contributed by atoms with Crippen LogP contribution in [0.15, 0.2) is 11.6 Å². The van der Waals surface area contributed by atoms with Crippen LogP contribution in [0.1, 0.15) is 67.9 Å². The Morgan fingerprint density at radius 2 is 1.78 bits per heavy atom. The quantitative estimate of drug-likeness (QED) is 0.639. The molecule has 23 heavy (non-hydrogen) atoms. The molecule has 2 fully saturated rings. The van der Waals surface area contributed by atoms with Crippen LogP contribution in [0, 0.1) is 44.4 Å². The summed E-state index contributed by atoms with van der Waals surface area (Å²) in [5.74, 6) is 0.854. The Kier molecular flexibility index (Phi) is 3.63. The minimum absolute atomic E-state index is 0.105. The molecule has 2 saturated carbocycles. The first-order valence-electron chi connectivity index (χ1n) is 9.01. The van der Waals surface area contributed by atoms with E-state index in [1.807, 2.05) is 0 Å². The SMILES string of the molecule is CCC12CCC(/C(=C\c3cc(C)c(C)c(C)c3C)C1=O)C2(C)C. The maximum absolute atomic E-state index is 13.2. The zero-order chi connectivity index (χ0) is 17.2. The highest BCUT2D eigenvalue weighted by Gasteiger charge is 2.65. The van der Waals surface area contributed by atoms with Gasteiger partial charge in [0.15, 0.2) is 5.78 Å². The van der Waals surface area contributed by atoms with Crippen LogP contribution in [0.2, 0.25) is 0 Å². The molecular formula is C22H30O. The molecule has 1 nitrogen and oxygen atoms in total. The molecule has 0 aliphatic heterocycles. The van der Waals surface area contributed by atoms with Gasteiger partial charge in [0.2, 0.25) is 0 Å². The Labute approximate surface area is 141 Å². The van der Waals surface area contributed by atoms with E-state index in [0.717, 1.165) is 18.4 Å². The molecule has 2 unspecified atom stereocenters. The lowest BCUT2D eigenvalue weighted by Crippen LogP contribution is -2.35. The Balaban J connectivity index is 2.15. The minimum Gasteiger partial charge on any atom is -0.294 e. The average Bonchev–Trinajstić information content (AvgIpc) is 2.85. The van der Waals surface area contributed by atoms with Gasteiger partial charge in [0, 0.05) is 5.41 Å². The number of rotatable bonds is 2. The van der Waals surface area contributed by atoms with Crippen molar-refractivity contribution < 1.29 is 4.79 Å². The van der Waals surface area contributed by atoms with E-state index >= 15 is 0 Å². The highest BCUT2D eigenvalue weighted by Crippen LogP contribution is 2.67. The number of benzene rings is 1. The highest BCUT2D eigenvalue weighted by atomic mass is 16.1. The molecule has 2 bridgehead atoms. The van der Waals surface area contributed by atoms with Crippen LogP contribution in [-0.2, 0) is 4.79 Å². The summed E-state index contributed by atoms with van der Waals surface area (Å²) in [6.45, 7) is 15.6. The molecule has 0 saturated heterocycles. The lowest BCUT2D eigenvalue weighted by Gasteiger charge is -2.34. The molecule has 0 aromatic heterocycles. The third-order valence-electron chi connectivity index (χ3n) is 7.47. The van der Waals surface area contributed by atoms with E-state index in [0.29, 0.717) is 11.7 Å². The lowest BCUT2D eigenvalue weighted by atomic mass is 9.67. The van der Waals surface area contributed by atoms with Crippen molar-refractivity contribution in [3.05, 3.63) is 39.5 Å². The van der Waals surface area contributed by atoms with E-state index in [1.165, 1.54) is 34.2 Å². The Morgan fingerprint density at radius 3 is 2.35 bits per heavy atom. The molecule has 0 spiro atoms. The normalized spacial score (nSPS) is 30.5. The van der Waals surface area contributed by atoms with Gasteiger partial charge < -0.3 is 0 Å². The van der Waals surface area contributed by atoms with E-state index in [1.54, 1.807) is 0 Å². The van der Waals surface area contributed by atoms with Crippen molar-refractivity contribution in [1.29, 1.82) is 0 Å². The number of aryl methyl sites for hydroxylation is 1. The van der Waals surface area contributed by atoms with Crippen LogP contribution < -0.4 is 0 Å². The zero-order valence-corrected chi connectivity index (χ0v) is 15.8. The Hall–Kier alpha value is -1.37. The predicted molar refractivity (Wildman–Crippen MR) is 97.6 cm³/mol. The molecule has 2 aliphatic rings. The van der Waals surface area contributed by atoms with E-state index in [2.05, 4.69) is 60.6 Å². The maximum atomic E-state index is 13.2. The summed E-state index contributed by atoms with van der Waals surface area (Å²) in [4.78, 5) is 13.2. The van der Waals surface area contributed by atoms with Gasteiger partial charge in [-0.05, 0) is 97.8 Å². The summed E-state index contributed by atoms with van der Waals surface area (Å²) in [7, 11) is 0. The summed E-state index contributed by atoms with van der Waals surface area (Å²) in [5.41, 5.74) is 7.68. The molecule has 1 aromatic rings. The van der Waals surface area contributed by atoms with E-state index in [9.17, 15) is 4.79 Å². The number of carbonyl (C=O) groups excluding carboxylic acids is 1. The van der Waals surface area contributed by atoms with Gasteiger partial charge in [0.05, 0.1) is 0 Å². The molecule has 3 rings (SSSR count). The van der Waals surface area contributed by atoms with Gasteiger partial charge in [-0.15, -0.1) is 0 Å². The molecule has 2 atom stereocenters. The molecule has 0 radical (unpaired) electrons. The van der Waals surface area contributed by atoms with Gasteiger partial charge in [-0.25, -0.2) is 0 Å². The van der Waals surface area contributed by atoms with Crippen LogP contribution in [0.25, 0.3) is 6.08 Å². The van der Waals surface area contributed by atoms with Crippen LogP contribution in [0.4, 0.5) is 0 Å². The summed E-state index contributed by atoms with van der Waals surface area (Å²) in [5, 5.41) is 0. The highest BCUT2D eigenvalue weighted by molar-refractivity contribution is 6.08. The van der Waals surface area contributed by atoms with Gasteiger partial charge in [-0.2, -0.15) is 0 Å². The van der Waals surface area contributed by atoms with Crippen LogP contribution in [0.5, 0.6) is 0 Å². The Bertz CT molecular complexity index is 720. The van der Waals surface area contributed by atoms with Gasteiger partial charge in [0.1, 0.15) is 0 Å². The standard InChI is InChI=1S/C22H30O/c1-8-22-10-9-19(21(22,6)7)18(20(22)23)12-17-11-13(2)14(3)15(4)16(17)5/h11-12,19H,8-10H2,1-7H3/b18-12+. The van der Waals surface area contributed by atoms with Gasteiger partial charge in [-0.1, -0.05) is 26.8 Å². The van der Waals surface area contributed by atoms with Crippen LogP contribution >= 0.6 is 0 Å². The van der Waals surface area contributed by atoms with E-state index in [-0.39, 0.29) is 10.8 Å². The molecular weight excluding hydrogens is 280 g/mol. The second-order valence-electron chi connectivity index (χ2n) is 8.34. The summed E-state index contributed by atoms with van der Waals surface area (Å²) in [6.07, 6.45) is 5.43. The molecule has 124 valence electrons. The number of hydrogen-bond acceptors (Lipinski definition) is 1. The Morgan fingerprint density at radius 1 is 1.13 bits per heavy atom. The zero-order valence-electron chi connectivity index (χ0n) is 15.8. The smallest absolute Gasteiger partial charge is 0.165 e. The van der Waals surface area contributed by atoms with Crippen LogP contribution in [-0.4, -0.2) is 5.78 Å². The van der Waals surface area contributed by atoms with Crippen molar-refractivity contribution in [3.8, 4) is 0 Å². The van der Waals surface area contributed by atoms with Crippen molar-refractivity contribution in [3.63, 3.8) is 0 Å². The first kappa shape index (κ1) is 16.5. The summed E-state index contributed by atoms with van der Waals surface area (Å²) in [6, 6.07) is 2.26. The van der Waals surface area contributed by atoms with Crippen molar-refractivity contribution in [2.75, 3.05) is 0 Å². The van der Waals surface area contributed by atoms with E-state index in [4.69, 9.17) is 0 Å². The average molecular weight is 310 g/mol. The molecule has 2 aliphatic carbocycles. The van der Waals surface area contributed by atoms with Gasteiger partial charge >= 0.3 is 0 Å². The van der Waals surface area contributed by atoms with Gasteiger partial charge in [-0.3, -0.25) is 4.79 Å². The van der Waals surface area contributed by atoms with Gasteiger partial charge in [0.25, 0.3) is 0 Å². The number of Topliss-reactive ketones (excluding diaryl/α,β-unsaturated/α-hetero) is 1. The minimum atomic E-state index is -0.119. The number of fused-ring (bicyclic) bond motifs is 2. The number of ketones is 1. The van der Waals surface area contributed by atoms with Crippen molar-refractivity contribution >= 4 is 11.9 Å². The molecule has 1 heteroatoms. The number of carbonyl (C=O) groups is 1. The molecule has 1 aromatic carbocycles. The first-order chi connectivity index (χ1) is 10.7. The third-order valence-corrected chi connectivity index (χ3v) is 7.47. The van der Waals surface area contributed by atoms with Crippen LogP contribution in [0.3, 0.4) is 0 Å². The molecule has 0 N–H and O–H groups in total. The second kappa shape index (κ2) is 5.06. The largest absolute Gasteiger partial charge is 0.294 e. The summed E-state index contributed by atoms with van der Waals surface area (Å²) < 4.78 is 0. The lowest BCUT2D eigenvalue weighted by molar-refractivity contribution is -0.126. The number of hydrogen-bond donors (Lipinski definition) is 0. The third kappa shape index (κ3) is 1.95. The fraction of sp³-hybridized carbons (Fsp3) is 0.591. The fourth-order valence-electron chi connectivity index (χ4n) is 5.31. The topological polar surface area (TPSA) is 17.1 Å². The molecule has 0 heterocycles. The first-order valence-corrected chi connectivity index (χ1v) is 9.01. The second-order valence-corrected chi connectivity index (χ2v) is 8.34. The predicted octanol–water partition coefficient (Wildman–Crippen LogP) is 5.72.